The summed E-state index contributed by atoms with van der Waals surface area (Å²) in [4.78, 5) is 1.09. The maximum Gasteiger partial charge on any atom is 0.187 e. The Morgan fingerprint density at radius 3 is 3.27 bits per heavy atom. The lowest BCUT2D eigenvalue weighted by Gasteiger charge is -2.04. The van der Waals surface area contributed by atoms with E-state index in [1.807, 2.05) is 17.5 Å². The van der Waals surface area contributed by atoms with Gasteiger partial charge >= 0.3 is 0 Å². The molecule has 1 aromatic rings. The quantitative estimate of drug-likeness (QED) is 0.353. The van der Waals surface area contributed by atoms with Crippen LogP contribution >= 0.6 is 23.6 Å². The van der Waals surface area contributed by atoms with E-state index in [0.29, 0.717) is 18.3 Å². The van der Waals surface area contributed by atoms with Crippen LogP contribution in [0.2, 0.25) is 0 Å². The monoisotopic (exact) mass is 243 g/mol. The predicted octanol–water partition coefficient (Wildman–Crippen LogP) is 1.19. The van der Waals surface area contributed by atoms with Crippen molar-refractivity contribution in [3.63, 3.8) is 0 Å². The van der Waals surface area contributed by atoms with Crippen LogP contribution in [0.5, 0.6) is 0 Å². The number of rotatable bonds is 5. The highest BCUT2D eigenvalue weighted by Crippen LogP contribution is 2.03. The van der Waals surface area contributed by atoms with Crippen LogP contribution in [0.1, 0.15) is 4.88 Å². The van der Waals surface area contributed by atoms with Gasteiger partial charge in [-0.25, -0.2) is 0 Å². The molecular formula is C9H13N3OS2. The number of ether oxygens (including phenoxy) is 1. The maximum atomic E-state index is 4.97. The van der Waals surface area contributed by atoms with E-state index in [1.165, 1.54) is 0 Å². The van der Waals surface area contributed by atoms with E-state index < -0.39 is 0 Å². The van der Waals surface area contributed by atoms with Crippen molar-refractivity contribution >= 4 is 34.9 Å². The third-order valence-corrected chi connectivity index (χ3v) is 2.54. The van der Waals surface area contributed by atoms with Crippen LogP contribution in [0.3, 0.4) is 0 Å². The minimum atomic E-state index is 0.500. The number of nitrogens with one attached hydrogen (secondary N) is 2. The van der Waals surface area contributed by atoms with Crippen molar-refractivity contribution in [2.45, 2.75) is 0 Å². The number of hydrazone groups is 1. The molecule has 1 heterocycles. The standard InChI is InChI=1S/C9H13N3OS2/c1-13-5-4-10-9(14)12-11-7-8-3-2-6-15-8/h2-3,6-7H,4-5H2,1H3,(H2,10,12,14)/b11-7-. The Morgan fingerprint density at radius 1 is 1.73 bits per heavy atom. The number of hydrogen-bond donors (Lipinski definition) is 2. The van der Waals surface area contributed by atoms with E-state index in [1.54, 1.807) is 24.7 Å². The lowest BCUT2D eigenvalue weighted by atomic mass is 10.5. The summed E-state index contributed by atoms with van der Waals surface area (Å²) in [5.74, 6) is 0. The van der Waals surface area contributed by atoms with E-state index in [9.17, 15) is 0 Å². The SMILES string of the molecule is COCCNC(=S)N/N=C\c1cccs1. The van der Waals surface area contributed by atoms with Crippen LogP contribution in [0.4, 0.5) is 0 Å². The van der Waals surface area contributed by atoms with Gasteiger partial charge in [-0.1, -0.05) is 6.07 Å². The third-order valence-electron chi connectivity index (χ3n) is 1.49. The van der Waals surface area contributed by atoms with Crippen LogP contribution in [0.15, 0.2) is 22.6 Å². The van der Waals surface area contributed by atoms with Crippen molar-refractivity contribution < 1.29 is 4.74 Å². The minimum Gasteiger partial charge on any atom is -0.383 e. The molecule has 2 N–H and O–H groups in total. The molecular weight excluding hydrogens is 230 g/mol. The first-order valence-electron chi connectivity index (χ1n) is 4.42. The number of methoxy groups -OCH3 is 1. The highest BCUT2D eigenvalue weighted by molar-refractivity contribution is 7.80. The molecule has 0 radical (unpaired) electrons. The molecule has 4 nitrogen and oxygen atoms in total. The van der Waals surface area contributed by atoms with E-state index >= 15 is 0 Å². The normalized spacial score (nSPS) is 10.5. The zero-order valence-electron chi connectivity index (χ0n) is 8.40. The Balaban J connectivity index is 2.16. The Labute approximate surface area is 98.3 Å². The highest BCUT2D eigenvalue weighted by Gasteiger charge is 1.91. The molecule has 82 valence electrons. The van der Waals surface area contributed by atoms with Crippen LogP contribution in [0, 0.1) is 0 Å². The second kappa shape index (κ2) is 7.33. The van der Waals surface area contributed by atoms with E-state index in [2.05, 4.69) is 15.8 Å². The molecule has 0 aliphatic rings. The molecule has 0 bridgehead atoms. The van der Waals surface area contributed by atoms with Crippen molar-refractivity contribution in [1.82, 2.24) is 10.7 Å². The minimum absolute atomic E-state index is 0.500. The van der Waals surface area contributed by atoms with Crippen LogP contribution in [0.25, 0.3) is 0 Å². The lowest BCUT2D eigenvalue weighted by Crippen LogP contribution is -2.34. The number of hydrogen-bond acceptors (Lipinski definition) is 4. The van der Waals surface area contributed by atoms with Gasteiger partial charge < -0.3 is 10.1 Å². The topological polar surface area (TPSA) is 45.6 Å². The summed E-state index contributed by atoms with van der Waals surface area (Å²) in [5, 5.41) is 9.43. The summed E-state index contributed by atoms with van der Waals surface area (Å²) < 4.78 is 4.87. The molecule has 0 fully saturated rings. The van der Waals surface area contributed by atoms with Gasteiger partial charge in [0.25, 0.3) is 0 Å². The van der Waals surface area contributed by atoms with Crippen molar-refractivity contribution in [3.05, 3.63) is 22.4 Å². The fourth-order valence-corrected chi connectivity index (χ4v) is 1.57. The molecule has 0 aromatic carbocycles. The molecule has 0 atom stereocenters. The Morgan fingerprint density at radius 2 is 2.60 bits per heavy atom. The first-order valence-corrected chi connectivity index (χ1v) is 5.71. The fraction of sp³-hybridized carbons (Fsp3) is 0.333. The summed E-state index contributed by atoms with van der Waals surface area (Å²) in [6.07, 6.45) is 1.73. The predicted molar refractivity (Wildman–Crippen MR) is 67.5 cm³/mol. The maximum absolute atomic E-state index is 4.97. The van der Waals surface area contributed by atoms with Gasteiger partial charge in [0, 0.05) is 18.5 Å². The molecule has 0 saturated carbocycles. The molecule has 0 aliphatic heterocycles. The van der Waals surface area contributed by atoms with Gasteiger partial charge in [-0.05, 0) is 23.7 Å². The zero-order valence-corrected chi connectivity index (χ0v) is 10.0. The first-order chi connectivity index (χ1) is 7.33. The summed E-state index contributed by atoms with van der Waals surface area (Å²) >= 11 is 6.60. The van der Waals surface area contributed by atoms with Crippen molar-refractivity contribution in [2.24, 2.45) is 5.10 Å². The lowest BCUT2D eigenvalue weighted by molar-refractivity contribution is 0.204. The van der Waals surface area contributed by atoms with Gasteiger partial charge in [-0.2, -0.15) is 5.10 Å². The average Bonchev–Trinajstić information content (AvgIpc) is 2.71. The summed E-state index contributed by atoms with van der Waals surface area (Å²) in [5.41, 5.74) is 2.72. The first kappa shape index (κ1) is 12.1. The van der Waals surface area contributed by atoms with Gasteiger partial charge in [0.2, 0.25) is 0 Å². The van der Waals surface area contributed by atoms with E-state index in [4.69, 9.17) is 17.0 Å². The smallest absolute Gasteiger partial charge is 0.187 e. The van der Waals surface area contributed by atoms with Crippen LogP contribution in [-0.4, -0.2) is 31.6 Å². The molecule has 0 saturated heterocycles. The van der Waals surface area contributed by atoms with Crippen molar-refractivity contribution in [1.29, 1.82) is 0 Å². The summed E-state index contributed by atoms with van der Waals surface area (Å²) in [6, 6.07) is 3.96. The largest absolute Gasteiger partial charge is 0.383 e. The summed E-state index contributed by atoms with van der Waals surface area (Å²) in [7, 11) is 1.65. The Bertz CT molecular complexity index is 311. The van der Waals surface area contributed by atoms with Crippen LogP contribution < -0.4 is 10.7 Å². The van der Waals surface area contributed by atoms with Crippen molar-refractivity contribution in [2.75, 3.05) is 20.3 Å². The molecule has 0 spiro atoms. The molecule has 6 heteroatoms. The second-order valence-corrected chi connectivity index (χ2v) is 4.02. The zero-order chi connectivity index (χ0) is 10.9. The third kappa shape index (κ3) is 5.46. The molecule has 1 aromatic heterocycles. The van der Waals surface area contributed by atoms with Gasteiger partial charge in [-0.15, -0.1) is 11.3 Å². The van der Waals surface area contributed by atoms with Gasteiger partial charge in [0.15, 0.2) is 5.11 Å². The van der Waals surface area contributed by atoms with Gasteiger partial charge in [0.05, 0.1) is 12.8 Å². The summed E-state index contributed by atoms with van der Waals surface area (Å²) in [6.45, 7) is 1.30. The Kier molecular flexibility index (Phi) is 5.91. The molecule has 0 amide bonds. The number of thiocarbonyl (C=S) groups is 1. The molecule has 0 aliphatic carbocycles. The van der Waals surface area contributed by atoms with E-state index in [-0.39, 0.29) is 0 Å². The number of nitrogens with zero attached hydrogens (tertiary/aromatic N) is 1. The fourth-order valence-electron chi connectivity index (χ4n) is 0.825. The average molecular weight is 243 g/mol. The second-order valence-electron chi connectivity index (χ2n) is 2.63. The van der Waals surface area contributed by atoms with E-state index in [0.717, 1.165) is 4.88 Å². The van der Waals surface area contributed by atoms with Crippen molar-refractivity contribution in [3.8, 4) is 0 Å². The van der Waals surface area contributed by atoms with Crippen LogP contribution in [-0.2, 0) is 4.74 Å². The molecule has 1 rings (SSSR count). The highest BCUT2D eigenvalue weighted by atomic mass is 32.1. The van der Waals surface area contributed by atoms with Gasteiger partial charge in [0.1, 0.15) is 0 Å². The molecule has 0 unspecified atom stereocenters. The number of thiophene rings is 1. The molecule has 15 heavy (non-hydrogen) atoms. The Hall–Kier alpha value is -0.980. The van der Waals surface area contributed by atoms with Gasteiger partial charge in [-0.3, -0.25) is 5.43 Å².